The number of hydrogen-bond donors (Lipinski definition) is 1. The Morgan fingerprint density at radius 1 is 1.32 bits per heavy atom. The third kappa shape index (κ3) is 3.75. The van der Waals surface area contributed by atoms with Crippen molar-refractivity contribution in [2.24, 2.45) is 0 Å². The second-order valence-electron chi connectivity index (χ2n) is 7.07. The summed E-state index contributed by atoms with van der Waals surface area (Å²) in [6, 6.07) is 1.43. The molecule has 2 aromatic heterocycles. The molecule has 0 bridgehead atoms. The molecule has 1 aliphatic rings. The number of aromatic nitrogens is 5. The number of alkyl halides is 4. The summed E-state index contributed by atoms with van der Waals surface area (Å²) in [6.45, 7) is 1.85. The first kappa shape index (κ1) is 21.2. The lowest BCUT2D eigenvalue weighted by Crippen LogP contribution is -2.40. The fourth-order valence-electron chi connectivity index (χ4n) is 3.58. The minimum atomic E-state index is -4.95. The van der Waals surface area contributed by atoms with Crippen LogP contribution < -0.4 is 10.5 Å². The maximum atomic E-state index is 15.2. The lowest BCUT2D eigenvalue weighted by Gasteiger charge is -2.35. The zero-order valence-electron chi connectivity index (χ0n) is 15.8. The normalized spacial score (nSPS) is 17.5. The molecular weight excluding hydrogens is 447 g/mol. The SMILES string of the molecule is C[C@@H]1Cc2c(nnn2[C@@H](F)c2ccc(F)cc2C(F)(F)F)CN1c1cn[nH]c(=O)c1Cl. The van der Waals surface area contributed by atoms with Crippen molar-refractivity contribution >= 4 is 17.3 Å². The maximum Gasteiger partial charge on any atom is 0.416 e. The van der Waals surface area contributed by atoms with Crippen molar-refractivity contribution < 1.29 is 22.0 Å². The highest BCUT2D eigenvalue weighted by Gasteiger charge is 2.38. The smallest absolute Gasteiger partial charge is 0.360 e. The van der Waals surface area contributed by atoms with E-state index in [4.69, 9.17) is 11.6 Å². The summed E-state index contributed by atoms with van der Waals surface area (Å²) in [5.41, 5.74) is -1.82. The Morgan fingerprint density at radius 2 is 2.06 bits per heavy atom. The van der Waals surface area contributed by atoms with Gasteiger partial charge in [0.1, 0.15) is 16.5 Å². The van der Waals surface area contributed by atoms with Gasteiger partial charge in [0.25, 0.3) is 5.56 Å². The van der Waals surface area contributed by atoms with Gasteiger partial charge in [0.2, 0.25) is 6.30 Å². The zero-order chi connectivity index (χ0) is 22.5. The Morgan fingerprint density at radius 3 is 2.77 bits per heavy atom. The molecule has 7 nitrogen and oxygen atoms in total. The van der Waals surface area contributed by atoms with Crippen molar-refractivity contribution in [3.63, 3.8) is 0 Å². The molecule has 1 aromatic carbocycles. The minimum absolute atomic E-state index is 0.0813. The Bertz CT molecular complexity index is 1190. The molecule has 0 saturated carbocycles. The maximum absolute atomic E-state index is 15.2. The lowest BCUT2D eigenvalue weighted by molar-refractivity contribution is -0.139. The van der Waals surface area contributed by atoms with Crippen LogP contribution in [0.2, 0.25) is 5.02 Å². The van der Waals surface area contributed by atoms with E-state index in [2.05, 4.69) is 20.5 Å². The summed E-state index contributed by atoms with van der Waals surface area (Å²) >= 11 is 6.06. The third-order valence-corrected chi connectivity index (χ3v) is 5.46. The Kier molecular flexibility index (Phi) is 5.20. The van der Waals surface area contributed by atoms with E-state index in [0.29, 0.717) is 17.1 Å². The molecule has 4 rings (SSSR count). The summed E-state index contributed by atoms with van der Waals surface area (Å²) in [5.74, 6) is -1.13. The van der Waals surface area contributed by atoms with Crippen molar-refractivity contribution in [1.82, 2.24) is 25.2 Å². The molecule has 2 atom stereocenters. The summed E-state index contributed by atoms with van der Waals surface area (Å²) in [7, 11) is 0. The number of H-pyrrole nitrogens is 1. The van der Waals surface area contributed by atoms with E-state index < -0.39 is 35.0 Å². The number of rotatable bonds is 3. The highest BCUT2D eigenvalue weighted by atomic mass is 35.5. The highest BCUT2D eigenvalue weighted by Crippen LogP contribution is 2.38. The fraction of sp³-hybridized carbons (Fsp3) is 0.333. The molecule has 0 unspecified atom stereocenters. The van der Waals surface area contributed by atoms with Gasteiger partial charge >= 0.3 is 6.18 Å². The van der Waals surface area contributed by atoms with Gasteiger partial charge in [-0.25, -0.2) is 18.6 Å². The summed E-state index contributed by atoms with van der Waals surface area (Å²) in [5, 5.41) is 13.5. The average molecular weight is 461 g/mol. The highest BCUT2D eigenvalue weighted by molar-refractivity contribution is 6.33. The van der Waals surface area contributed by atoms with Gasteiger partial charge in [-0.05, 0) is 19.1 Å². The molecule has 3 aromatic rings. The van der Waals surface area contributed by atoms with E-state index >= 15 is 4.39 Å². The number of nitrogens with one attached hydrogen (secondary N) is 1. The van der Waals surface area contributed by atoms with Crippen LogP contribution in [0, 0.1) is 5.82 Å². The van der Waals surface area contributed by atoms with Crippen molar-refractivity contribution in [3.05, 3.63) is 68.1 Å². The van der Waals surface area contributed by atoms with Crippen molar-refractivity contribution in [3.8, 4) is 0 Å². The molecule has 0 spiro atoms. The Hall–Kier alpha value is -3.02. The zero-order valence-corrected chi connectivity index (χ0v) is 16.5. The van der Waals surface area contributed by atoms with Crippen LogP contribution in [0.5, 0.6) is 0 Å². The third-order valence-electron chi connectivity index (χ3n) is 5.09. The first-order chi connectivity index (χ1) is 14.6. The minimum Gasteiger partial charge on any atom is -0.360 e. The van der Waals surface area contributed by atoms with Gasteiger partial charge in [0.05, 0.1) is 29.7 Å². The van der Waals surface area contributed by atoms with Gasteiger partial charge in [0.15, 0.2) is 0 Å². The molecule has 0 amide bonds. The van der Waals surface area contributed by atoms with E-state index in [1.54, 1.807) is 11.8 Å². The molecule has 31 heavy (non-hydrogen) atoms. The monoisotopic (exact) mass is 460 g/mol. The topological polar surface area (TPSA) is 79.7 Å². The van der Waals surface area contributed by atoms with E-state index in [0.717, 1.165) is 16.8 Å². The van der Waals surface area contributed by atoms with Crippen LogP contribution >= 0.6 is 11.6 Å². The first-order valence-electron chi connectivity index (χ1n) is 9.01. The summed E-state index contributed by atoms with van der Waals surface area (Å²) < 4.78 is 69.3. The largest absolute Gasteiger partial charge is 0.416 e. The molecule has 0 aliphatic carbocycles. The molecule has 1 N–H and O–H groups in total. The molecule has 0 fully saturated rings. The van der Waals surface area contributed by atoms with Crippen molar-refractivity contribution in [2.75, 3.05) is 4.90 Å². The van der Waals surface area contributed by atoms with Gasteiger partial charge in [-0.15, -0.1) is 5.10 Å². The average Bonchev–Trinajstić information content (AvgIpc) is 3.11. The standard InChI is InChI=1S/C18H14ClF5N6O/c1-8-4-13-12(7-29(8)14-6-25-27-17(31)15(14)19)26-28-30(13)16(21)10-3-2-9(20)5-11(10)18(22,23)24/h2-3,5-6,8,16H,4,7H2,1H3,(H,27,31)/t8-,16-/m1/s1. The van der Waals surface area contributed by atoms with Gasteiger partial charge < -0.3 is 4.90 Å². The summed E-state index contributed by atoms with van der Waals surface area (Å²) in [6.07, 6.45) is -5.75. The van der Waals surface area contributed by atoms with Crippen LogP contribution in [0.25, 0.3) is 0 Å². The molecule has 0 radical (unpaired) electrons. The molecule has 1 aliphatic heterocycles. The van der Waals surface area contributed by atoms with Crippen LogP contribution in [0.3, 0.4) is 0 Å². The Labute approximate surface area is 176 Å². The molecule has 3 heterocycles. The number of nitrogens with zero attached hydrogens (tertiary/aromatic N) is 5. The summed E-state index contributed by atoms with van der Waals surface area (Å²) in [4.78, 5) is 13.5. The van der Waals surface area contributed by atoms with Crippen LogP contribution in [0.1, 0.15) is 35.7 Å². The van der Waals surface area contributed by atoms with Gasteiger partial charge in [-0.1, -0.05) is 22.9 Å². The molecular formula is C18H14ClF5N6O. The van der Waals surface area contributed by atoms with E-state index in [1.807, 2.05) is 0 Å². The van der Waals surface area contributed by atoms with E-state index in [-0.39, 0.29) is 30.1 Å². The van der Waals surface area contributed by atoms with Crippen LogP contribution in [0.4, 0.5) is 27.6 Å². The van der Waals surface area contributed by atoms with Gasteiger partial charge in [0, 0.05) is 18.0 Å². The quantitative estimate of drug-likeness (QED) is 0.604. The first-order valence-corrected chi connectivity index (χ1v) is 9.39. The van der Waals surface area contributed by atoms with Gasteiger partial charge in [-0.2, -0.15) is 18.3 Å². The predicted octanol–water partition coefficient (Wildman–Crippen LogP) is 3.64. The molecule has 13 heteroatoms. The number of aromatic amines is 1. The van der Waals surface area contributed by atoms with Crippen molar-refractivity contribution in [1.29, 1.82) is 0 Å². The van der Waals surface area contributed by atoms with Crippen LogP contribution in [-0.2, 0) is 19.1 Å². The molecule has 0 saturated heterocycles. The van der Waals surface area contributed by atoms with Gasteiger partial charge in [-0.3, -0.25) is 4.79 Å². The van der Waals surface area contributed by atoms with E-state index in [1.165, 1.54) is 6.20 Å². The number of fused-ring (bicyclic) bond motifs is 1. The van der Waals surface area contributed by atoms with Crippen LogP contribution in [-0.4, -0.2) is 31.2 Å². The predicted molar refractivity (Wildman–Crippen MR) is 99.9 cm³/mol. The second-order valence-corrected chi connectivity index (χ2v) is 7.45. The Balaban J connectivity index is 1.71. The number of halogens is 6. The van der Waals surface area contributed by atoms with E-state index in [9.17, 15) is 22.4 Å². The number of benzene rings is 1. The number of anilines is 1. The molecule has 164 valence electrons. The number of hydrogen-bond acceptors (Lipinski definition) is 5. The lowest BCUT2D eigenvalue weighted by atomic mass is 10.0. The van der Waals surface area contributed by atoms with Crippen LogP contribution in [0.15, 0.2) is 29.2 Å². The second kappa shape index (κ2) is 7.59. The van der Waals surface area contributed by atoms with Crippen molar-refractivity contribution in [2.45, 2.75) is 38.4 Å². The fourth-order valence-corrected chi connectivity index (χ4v) is 3.78.